The molecule has 42 heavy (non-hydrogen) atoms. The summed E-state index contributed by atoms with van der Waals surface area (Å²) in [7, 11) is -2.93. The van der Waals surface area contributed by atoms with Crippen molar-refractivity contribution in [2.75, 3.05) is 37.8 Å². The van der Waals surface area contributed by atoms with Crippen molar-refractivity contribution in [2.45, 2.75) is 34.6 Å². The summed E-state index contributed by atoms with van der Waals surface area (Å²) in [6, 6.07) is 17.5. The molecule has 0 saturated carbocycles. The highest BCUT2D eigenvalue weighted by molar-refractivity contribution is 7.24. The number of rotatable bonds is 13. The molecular weight excluding hydrogens is 569 g/mol. The van der Waals surface area contributed by atoms with Gasteiger partial charge in [0.2, 0.25) is 5.89 Å². The highest BCUT2D eigenvalue weighted by Gasteiger charge is 2.44. The lowest BCUT2D eigenvalue weighted by molar-refractivity contribution is 0.0866. The molecule has 8 nitrogen and oxygen atoms in total. The summed E-state index contributed by atoms with van der Waals surface area (Å²) in [4.78, 5) is 20.8. The first-order chi connectivity index (χ1) is 20.4. The van der Waals surface area contributed by atoms with E-state index in [4.69, 9.17) is 22.1 Å². The Hall–Kier alpha value is -3.54. The Morgan fingerprint density at radius 1 is 0.833 bits per heavy atom. The second-order valence-electron chi connectivity index (χ2n) is 9.48. The lowest BCUT2D eigenvalue weighted by Crippen LogP contribution is -2.55. The maximum Gasteiger partial charge on any atom is 0.547 e. The molecule has 0 bridgehead atoms. The fourth-order valence-corrected chi connectivity index (χ4v) is 9.04. The number of anilines is 1. The van der Waals surface area contributed by atoms with Crippen LogP contribution in [0.25, 0.3) is 45.7 Å². The van der Waals surface area contributed by atoms with E-state index >= 15 is 0 Å². The van der Waals surface area contributed by atoms with Gasteiger partial charge >= 0.3 is 14.4 Å². The van der Waals surface area contributed by atoms with Gasteiger partial charge in [-0.2, -0.15) is 0 Å². The average Bonchev–Trinajstić information content (AvgIpc) is 3.64. The van der Waals surface area contributed by atoms with Crippen molar-refractivity contribution in [2.24, 2.45) is 0 Å². The molecule has 5 aromatic rings. The van der Waals surface area contributed by atoms with Gasteiger partial charge < -0.3 is 27.0 Å². The zero-order chi connectivity index (χ0) is 29.7. The van der Waals surface area contributed by atoms with Gasteiger partial charge in [-0.3, -0.25) is 0 Å². The van der Waals surface area contributed by atoms with Gasteiger partial charge in [0.15, 0.2) is 5.58 Å². The standard InChI is InChI=1S/C32H36N2O6SSi/c1-6-34(7-2)24-14-13-23-20-26(32(35)40-29(23)21-24)31-33-27-19-22(12-17-28(27)39-31)11-15-25-16-18-30(41-25)42(36-8-3,37-9-4)38-10-5/h11-21H,6-10H2,1-5H3. The van der Waals surface area contributed by atoms with Crippen molar-refractivity contribution < 1.29 is 22.1 Å². The fraction of sp³-hybridized carbons (Fsp3) is 0.312. The van der Waals surface area contributed by atoms with Crippen LogP contribution in [0.3, 0.4) is 0 Å². The number of fused-ring (bicyclic) bond motifs is 2. The van der Waals surface area contributed by atoms with Gasteiger partial charge in [0.1, 0.15) is 16.7 Å². The monoisotopic (exact) mass is 604 g/mol. The van der Waals surface area contributed by atoms with Crippen molar-refractivity contribution in [3.63, 3.8) is 0 Å². The van der Waals surface area contributed by atoms with E-state index in [0.29, 0.717) is 42.1 Å². The Bertz CT molecular complexity index is 1740. The number of nitrogens with zero attached hydrogens (tertiary/aromatic N) is 2. The normalized spacial score (nSPS) is 12.2. The highest BCUT2D eigenvalue weighted by atomic mass is 32.1. The highest BCUT2D eigenvalue weighted by Crippen LogP contribution is 2.28. The molecule has 0 amide bonds. The quantitative estimate of drug-likeness (QED) is 0.106. The third-order valence-corrected chi connectivity index (χ3v) is 11.6. The topological polar surface area (TPSA) is 87.2 Å². The summed E-state index contributed by atoms with van der Waals surface area (Å²) >= 11 is 1.61. The van der Waals surface area contributed by atoms with E-state index in [9.17, 15) is 4.79 Å². The van der Waals surface area contributed by atoms with Gasteiger partial charge in [-0.25, -0.2) is 9.78 Å². The molecule has 0 unspecified atom stereocenters. The second kappa shape index (κ2) is 13.2. The van der Waals surface area contributed by atoms with Gasteiger partial charge in [0, 0.05) is 54.9 Å². The lowest BCUT2D eigenvalue weighted by atomic mass is 10.1. The number of aromatic nitrogens is 1. The van der Waals surface area contributed by atoms with Crippen LogP contribution in [-0.4, -0.2) is 46.7 Å². The van der Waals surface area contributed by atoms with Crippen molar-refractivity contribution in [3.05, 3.63) is 75.5 Å². The predicted octanol–water partition coefficient (Wildman–Crippen LogP) is 6.93. The van der Waals surface area contributed by atoms with Crippen molar-refractivity contribution in [3.8, 4) is 11.5 Å². The summed E-state index contributed by atoms with van der Waals surface area (Å²) in [6.45, 7) is 13.4. The lowest BCUT2D eigenvalue weighted by Gasteiger charge is -2.27. The Kier molecular flexibility index (Phi) is 9.39. The van der Waals surface area contributed by atoms with Crippen LogP contribution < -0.4 is 15.0 Å². The first-order valence-electron chi connectivity index (χ1n) is 14.4. The molecule has 220 valence electrons. The Morgan fingerprint density at radius 3 is 2.26 bits per heavy atom. The van der Waals surface area contributed by atoms with Crippen LogP contribution in [0.5, 0.6) is 0 Å². The van der Waals surface area contributed by atoms with E-state index in [0.717, 1.165) is 39.1 Å². The summed E-state index contributed by atoms with van der Waals surface area (Å²) in [5, 5.41) is 0.812. The van der Waals surface area contributed by atoms with Crippen molar-refractivity contribution >= 4 is 64.6 Å². The number of oxazole rings is 1. The largest absolute Gasteiger partial charge is 0.547 e. The van der Waals surface area contributed by atoms with Crippen LogP contribution in [-0.2, 0) is 13.3 Å². The Labute approximate surface area is 250 Å². The van der Waals surface area contributed by atoms with Gasteiger partial charge in [0.05, 0.1) is 4.50 Å². The molecule has 10 heteroatoms. The molecule has 0 aliphatic rings. The molecule has 5 rings (SSSR count). The van der Waals surface area contributed by atoms with E-state index < -0.39 is 14.4 Å². The number of hydrogen-bond acceptors (Lipinski definition) is 9. The minimum absolute atomic E-state index is 0.238. The summed E-state index contributed by atoms with van der Waals surface area (Å²) < 4.78 is 30.8. The van der Waals surface area contributed by atoms with Crippen LogP contribution in [0.15, 0.2) is 68.2 Å². The van der Waals surface area contributed by atoms with E-state index in [1.54, 1.807) is 17.4 Å². The smallest absolute Gasteiger partial charge is 0.436 e. The molecule has 0 spiro atoms. The van der Waals surface area contributed by atoms with Crippen LogP contribution in [0.4, 0.5) is 5.69 Å². The molecule has 0 atom stereocenters. The van der Waals surface area contributed by atoms with Crippen LogP contribution in [0.1, 0.15) is 45.1 Å². The molecule has 0 N–H and O–H groups in total. The van der Waals surface area contributed by atoms with E-state index in [2.05, 4.69) is 23.7 Å². The summed E-state index contributed by atoms with van der Waals surface area (Å²) in [5.74, 6) is 0.238. The molecule has 0 aliphatic heterocycles. The molecule has 0 aliphatic carbocycles. The summed E-state index contributed by atoms with van der Waals surface area (Å²) in [5.41, 5.74) is 3.58. The molecule has 0 saturated heterocycles. The minimum atomic E-state index is -2.93. The third-order valence-electron chi connectivity index (χ3n) is 6.86. The summed E-state index contributed by atoms with van der Waals surface area (Å²) in [6.07, 6.45) is 4.07. The maximum absolute atomic E-state index is 12.9. The molecule has 3 aromatic heterocycles. The van der Waals surface area contributed by atoms with Crippen molar-refractivity contribution in [1.29, 1.82) is 0 Å². The minimum Gasteiger partial charge on any atom is -0.436 e. The van der Waals surface area contributed by atoms with Crippen LogP contribution in [0.2, 0.25) is 0 Å². The number of hydrogen-bond donors (Lipinski definition) is 0. The SMILES string of the molecule is CCO[Si](OCC)(OCC)c1ccc(C=Cc2ccc3oc(-c4cc5ccc(N(CC)CC)cc5oc4=O)nc3c2)s1. The van der Waals surface area contributed by atoms with Gasteiger partial charge in [-0.1, -0.05) is 12.1 Å². The van der Waals surface area contributed by atoms with E-state index in [1.165, 1.54) is 0 Å². The average molecular weight is 605 g/mol. The van der Waals surface area contributed by atoms with Gasteiger partial charge in [0.25, 0.3) is 0 Å². The van der Waals surface area contributed by atoms with Crippen molar-refractivity contribution in [1.82, 2.24) is 4.98 Å². The zero-order valence-corrected chi connectivity index (χ0v) is 26.5. The van der Waals surface area contributed by atoms with Crippen LogP contribution in [0, 0.1) is 0 Å². The van der Waals surface area contributed by atoms with Gasteiger partial charge in [-0.05, 0) is 88.7 Å². The molecular formula is C32H36N2O6SSi. The predicted molar refractivity (Wildman–Crippen MR) is 173 cm³/mol. The third kappa shape index (κ3) is 6.13. The Balaban J connectivity index is 1.40. The Morgan fingerprint density at radius 2 is 1.57 bits per heavy atom. The second-order valence-corrected chi connectivity index (χ2v) is 13.5. The molecule has 2 aromatic carbocycles. The first-order valence-corrected chi connectivity index (χ1v) is 16.9. The molecule has 0 radical (unpaired) electrons. The maximum atomic E-state index is 12.9. The first kappa shape index (κ1) is 29.9. The van der Waals surface area contributed by atoms with Crippen LogP contribution >= 0.6 is 11.3 Å². The van der Waals surface area contributed by atoms with E-state index in [1.807, 2.05) is 81.5 Å². The number of benzene rings is 2. The molecule has 3 heterocycles. The van der Waals surface area contributed by atoms with E-state index in [-0.39, 0.29) is 5.89 Å². The fourth-order valence-electron chi connectivity index (χ4n) is 4.89. The molecule has 0 fully saturated rings. The van der Waals surface area contributed by atoms with Gasteiger partial charge in [-0.15, -0.1) is 11.3 Å². The number of thiophene rings is 1. The zero-order valence-electron chi connectivity index (χ0n) is 24.6.